The smallest absolute Gasteiger partial charge is 0.334 e. The molecule has 0 aliphatic carbocycles. The number of rotatable bonds is 1. The maximum atomic E-state index is 11.4. The number of carbonyl (C=O) groups is 1. The molecule has 19 heavy (non-hydrogen) atoms. The van der Waals surface area contributed by atoms with E-state index in [0.29, 0.717) is 6.54 Å². The van der Waals surface area contributed by atoms with Crippen molar-refractivity contribution in [1.29, 1.82) is 0 Å². The van der Waals surface area contributed by atoms with Crippen LogP contribution in [-0.4, -0.2) is 23.2 Å². The summed E-state index contributed by atoms with van der Waals surface area (Å²) in [4.78, 5) is 11.4. The van der Waals surface area contributed by atoms with Crippen LogP contribution in [0.1, 0.15) is 19.4 Å². The predicted octanol–water partition coefficient (Wildman–Crippen LogP) is 2.03. The van der Waals surface area contributed by atoms with Gasteiger partial charge >= 0.3 is 6.03 Å². The molecule has 0 saturated carbocycles. The van der Waals surface area contributed by atoms with Gasteiger partial charge in [-0.05, 0) is 38.1 Å². The molecule has 0 unspecified atom stereocenters. The van der Waals surface area contributed by atoms with Gasteiger partial charge < -0.3 is 10.5 Å². The number of nitrogens with two attached hydrogens (primary N) is 1. The average molecular weight is 259 g/mol. The molecular formula is C14H17N3O2. The highest BCUT2D eigenvalue weighted by molar-refractivity contribution is 5.76. The SMILES string of the molecule is CC1(C)Cc2cc(N3C=CCN3C(N)=O)ccc2O1. The van der Waals surface area contributed by atoms with Crippen LogP contribution in [0.25, 0.3) is 0 Å². The van der Waals surface area contributed by atoms with Crippen molar-refractivity contribution in [2.75, 3.05) is 11.6 Å². The number of fused-ring (bicyclic) bond motifs is 1. The van der Waals surface area contributed by atoms with E-state index in [9.17, 15) is 4.79 Å². The molecule has 0 saturated heterocycles. The van der Waals surface area contributed by atoms with Gasteiger partial charge in [-0.25, -0.2) is 9.80 Å². The molecule has 2 heterocycles. The number of carbonyl (C=O) groups excluding carboxylic acids is 1. The first-order chi connectivity index (χ1) is 8.96. The second-order valence-corrected chi connectivity index (χ2v) is 5.48. The van der Waals surface area contributed by atoms with Gasteiger partial charge in [-0.2, -0.15) is 0 Å². The van der Waals surface area contributed by atoms with Gasteiger partial charge in [0, 0.05) is 18.2 Å². The number of ether oxygens (including phenoxy) is 1. The molecule has 5 nitrogen and oxygen atoms in total. The Kier molecular flexibility index (Phi) is 2.45. The van der Waals surface area contributed by atoms with Crippen molar-refractivity contribution in [2.45, 2.75) is 25.9 Å². The molecular weight excluding hydrogens is 242 g/mol. The fraction of sp³-hybridized carbons (Fsp3) is 0.357. The Morgan fingerprint density at radius 2 is 2.21 bits per heavy atom. The van der Waals surface area contributed by atoms with Crippen molar-refractivity contribution >= 4 is 11.7 Å². The van der Waals surface area contributed by atoms with E-state index in [2.05, 4.69) is 19.9 Å². The first-order valence-corrected chi connectivity index (χ1v) is 6.31. The molecule has 0 spiro atoms. The number of urea groups is 1. The Bertz CT molecular complexity index is 566. The molecule has 0 fully saturated rings. The zero-order chi connectivity index (χ0) is 13.6. The molecule has 2 N–H and O–H groups in total. The minimum atomic E-state index is -0.456. The third-order valence-corrected chi connectivity index (χ3v) is 3.35. The molecule has 1 aromatic rings. The molecule has 3 rings (SSSR count). The van der Waals surface area contributed by atoms with Gasteiger partial charge in [-0.15, -0.1) is 0 Å². The second-order valence-electron chi connectivity index (χ2n) is 5.48. The quantitative estimate of drug-likeness (QED) is 0.839. The standard InChI is InChI=1S/C14H17N3O2/c1-14(2)9-10-8-11(4-5-12(10)19-14)16-6-3-7-17(16)13(15)18/h3-6,8H,7,9H2,1-2H3,(H2,15,18). The molecule has 1 aromatic carbocycles. The van der Waals surface area contributed by atoms with E-state index in [1.807, 2.05) is 24.4 Å². The topological polar surface area (TPSA) is 58.8 Å². The molecule has 2 aliphatic rings. The van der Waals surface area contributed by atoms with E-state index >= 15 is 0 Å². The number of amides is 2. The number of hydrogen-bond acceptors (Lipinski definition) is 3. The predicted molar refractivity (Wildman–Crippen MR) is 72.8 cm³/mol. The van der Waals surface area contributed by atoms with Gasteiger partial charge in [0.05, 0.1) is 12.2 Å². The third kappa shape index (κ3) is 2.01. The summed E-state index contributed by atoms with van der Waals surface area (Å²) in [6.45, 7) is 4.64. The third-order valence-electron chi connectivity index (χ3n) is 3.35. The lowest BCUT2D eigenvalue weighted by atomic mass is 10.0. The average Bonchev–Trinajstić information content (AvgIpc) is 2.89. The first kappa shape index (κ1) is 11.9. The van der Waals surface area contributed by atoms with Gasteiger partial charge in [0.2, 0.25) is 0 Å². The van der Waals surface area contributed by atoms with Gasteiger partial charge in [0.25, 0.3) is 0 Å². The fourth-order valence-electron chi connectivity index (χ4n) is 2.58. The van der Waals surface area contributed by atoms with Gasteiger partial charge in [-0.1, -0.05) is 0 Å². The molecule has 0 atom stereocenters. The summed E-state index contributed by atoms with van der Waals surface area (Å²) in [7, 11) is 0. The van der Waals surface area contributed by atoms with E-state index in [1.54, 1.807) is 5.01 Å². The zero-order valence-electron chi connectivity index (χ0n) is 11.1. The summed E-state index contributed by atoms with van der Waals surface area (Å²) >= 11 is 0. The number of primary amides is 1. The summed E-state index contributed by atoms with van der Waals surface area (Å²) in [6.07, 6.45) is 4.62. The largest absolute Gasteiger partial charge is 0.487 e. The lowest BCUT2D eigenvalue weighted by Crippen LogP contribution is -2.43. The van der Waals surface area contributed by atoms with Crippen LogP contribution in [0.4, 0.5) is 10.5 Å². The highest BCUT2D eigenvalue weighted by atomic mass is 16.5. The van der Waals surface area contributed by atoms with Crippen molar-refractivity contribution in [3.05, 3.63) is 36.0 Å². The van der Waals surface area contributed by atoms with Gasteiger partial charge in [0.15, 0.2) is 0 Å². The van der Waals surface area contributed by atoms with E-state index in [-0.39, 0.29) is 5.60 Å². The fourth-order valence-corrected chi connectivity index (χ4v) is 2.58. The highest BCUT2D eigenvalue weighted by Crippen LogP contribution is 2.37. The van der Waals surface area contributed by atoms with E-state index < -0.39 is 6.03 Å². The van der Waals surface area contributed by atoms with Crippen molar-refractivity contribution in [2.24, 2.45) is 5.73 Å². The van der Waals surface area contributed by atoms with Crippen LogP contribution in [0.2, 0.25) is 0 Å². The van der Waals surface area contributed by atoms with Crippen molar-refractivity contribution in [3.63, 3.8) is 0 Å². The van der Waals surface area contributed by atoms with Crippen LogP contribution in [0, 0.1) is 0 Å². The molecule has 0 bridgehead atoms. The van der Waals surface area contributed by atoms with Gasteiger partial charge in [-0.3, -0.25) is 5.01 Å². The van der Waals surface area contributed by atoms with Gasteiger partial charge in [0.1, 0.15) is 11.4 Å². The van der Waals surface area contributed by atoms with Crippen molar-refractivity contribution < 1.29 is 9.53 Å². The summed E-state index contributed by atoms with van der Waals surface area (Å²) in [5.74, 6) is 0.919. The van der Waals surface area contributed by atoms with E-state index in [0.717, 1.165) is 23.4 Å². The lowest BCUT2D eigenvalue weighted by Gasteiger charge is -2.27. The Morgan fingerprint density at radius 3 is 2.95 bits per heavy atom. The normalized spacial score (nSPS) is 19.5. The second kappa shape index (κ2) is 3.91. The summed E-state index contributed by atoms with van der Waals surface area (Å²) in [6, 6.07) is 5.48. The van der Waals surface area contributed by atoms with Crippen LogP contribution in [0.3, 0.4) is 0 Å². The number of anilines is 1. The van der Waals surface area contributed by atoms with Crippen LogP contribution >= 0.6 is 0 Å². The minimum absolute atomic E-state index is 0.162. The summed E-state index contributed by atoms with van der Waals surface area (Å²) < 4.78 is 5.84. The highest BCUT2D eigenvalue weighted by Gasteiger charge is 2.31. The Balaban J connectivity index is 1.92. The molecule has 0 aromatic heterocycles. The van der Waals surface area contributed by atoms with E-state index in [1.165, 1.54) is 5.01 Å². The maximum absolute atomic E-state index is 11.4. The number of hydrazine groups is 1. The number of benzene rings is 1. The summed E-state index contributed by atoms with van der Waals surface area (Å²) in [5.41, 5.74) is 7.28. The molecule has 5 heteroatoms. The Hall–Kier alpha value is -2.17. The van der Waals surface area contributed by atoms with Crippen LogP contribution < -0.4 is 15.5 Å². The maximum Gasteiger partial charge on any atom is 0.334 e. The molecule has 0 radical (unpaired) electrons. The number of nitrogens with zero attached hydrogens (tertiary/aromatic N) is 2. The zero-order valence-corrected chi connectivity index (χ0v) is 11.1. The lowest BCUT2D eigenvalue weighted by molar-refractivity contribution is 0.138. The van der Waals surface area contributed by atoms with Crippen molar-refractivity contribution in [1.82, 2.24) is 5.01 Å². The summed E-state index contributed by atoms with van der Waals surface area (Å²) in [5, 5.41) is 3.26. The molecule has 2 amide bonds. The van der Waals surface area contributed by atoms with Crippen LogP contribution in [-0.2, 0) is 6.42 Å². The monoisotopic (exact) mass is 259 g/mol. The Morgan fingerprint density at radius 1 is 1.42 bits per heavy atom. The van der Waals surface area contributed by atoms with Crippen LogP contribution in [0.5, 0.6) is 5.75 Å². The molecule has 2 aliphatic heterocycles. The number of hydrogen-bond donors (Lipinski definition) is 1. The first-order valence-electron chi connectivity index (χ1n) is 6.31. The minimum Gasteiger partial charge on any atom is -0.487 e. The van der Waals surface area contributed by atoms with E-state index in [4.69, 9.17) is 10.5 Å². The Labute approximate surface area is 112 Å². The van der Waals surface area contributed by atoms with Crippen LogP contribution in [0.15, 0.2) is 30.5 Å². The van der Waals surface area contributed by atoms with Crippen molar-refractivity contribution in [3.8, 4) is 5.75 Å². The molecule has 100 valence electrons.